The van der Waals surface area contributed by atoms with Gasteiger partial charge in [-0.3, -0.25) is 4.79 Å². The second-order valence-corrected chi connectivity index (χ2v) is 4.32. The average Bonchev–Trinajstić information content (AvgIpc) is 2.48. The van der Waals surface area contributed by atoms with Crippen LogP contribution < -0.4 is 0 Å². The Labute approximate surface area is 85.1 Å². The number of aryl methyl sites for hydroxylation is 1. The molecule has 0 radical (unpaired) electrons. The van der Waals surface area contributed by atoms with E-state index in [-0.39, 0.29) is 5.92 Å². The Bertz CT molecular complexity index is 354. The Morgan fingerprint density at radius 2 is 2.00 bits per heavy atom. The highest BCUT2D eigenvalue weighted by Gasteiger charge is 2.33. The summed E-state index contributed by atoms with van der Waals surface area (Å²) in [7, 11) is 0. The normalized spacial score (nSPS) is 26.9. The van der Waals surface area contributed by atoms with Gasteiger partial charge >= 0.3 is 0 Å². The van der Waals surface area contributed by atoms with E-state index in [1.54, 1.807) is 0 Å². The highest BCUT2D eigenvalue weighted by molar-refractivity contribution is 5.88. The maximum Gasteiger partial charge on any atom is 0.140 e. The summed E-state index contributed by atoms with van der Waals surface area (Å²) in [5.74, 6) is 1.10. The summed E-state index contributed by atoms with van der Waals surface area (Å²) in [5.41, 5.74) is 2.49. The molecule has 2 atom stereocenters. The van der Waals surface area contributed by atoms with Crippen LogP contribution in [0.3, 0.4) is 0 Å². The van der Waals surface area contributed by atoms with E-state index in [0.29, 0.717) is 11.7 Å². The Morgan fingerprint density at radius 1 is 1.29 bits per heavy atom. The minimum atomic E-state index is 0.163. The summed E-state index contributed by atoms with van der Waals surface area (Å²) in [6, 6.07) is 8.25. The molecule has 1 saturated carbocycles. The smallest absolute Gasteiger partial charge is 0.140 e. The van der Waals surface area contributed by atoms with Crippen molar-refractivity contribution in [3.05, 3.63) is 35.4 Å². The molecule has 1 aliphatic rings. The second kappa shape index (κ2) is 3.56. The monoisotopic (exact) mass is 188 g/mol. The van der Waals surface area contributed by atoms with Gasteiger partial charge in [0, 0.05) is 12.3 Å². The lowest BCUT2D eigenvalue weighted by Gasteiger charge is -2.16. The first-order valence-corrected chi connectivity index (χ1v) is 5.28. The van der Waals surface area contributed by atoms with Gasteiger partial charge in [0.2, 0.25) is 0 Å². The van der Waals surface area contributed by atoms with Crippen LogP contribution in [-0.4, -0.2) is 5.78 Å². The molecular formula is C13H16O. The SMILES string of the molecule is Cc1ccccc1[C@H]1C(=O)CC[C@@H]1C. The summed E-state index contributed by atoms with van der Waals surface area (Å²) >= 11 is 0. The number of rotatable bonds is 1. The molecule has 0 bridgehead atoms. The lowest BCUT2D eigenvalue weighted by Crippen LogP contribution is -2.11. The van der Waals surface area contributed by atoms with Crippen molar-refractivity contribution in [2.45, 2.75) is 32.6 Å². The third-order valence-corrected chi connectivity index (χ3v) is 3.29. The molecule has 0 spiro atoms. The van der Waals surface area contributed by atoms with Crippen molar-refractivity contribution < 1.29 is 4.79 Å². The fourth-order valence-electron chi connectivity index (χ4n) is 2.43. The van der Waals surface area contributed by atoms with Crippen molar-refractivity contribution in [1.82, 2.24) is 0 Å². The summed E-state index contributed by atoms with van der Waals surface area (Å²) in [6.07, 6.45) is 1.82. The number of ketones is 1. The van der Waals surface area contributed by atoms with Gasteiger partial charge in [-0.15, -0.1) is 0 Å². The van der Waals surface area contributed by atoms with Gasteiger partial charge in [0.05, 0.1) is 0 Å². The lowest BCUT2D eigenvalue weighted by molar-refractivity contribution is -0.118. The topological polar surface area (TPSA) is 17.1 Å². The number of carbonyl (C=O) groups is 1. The van der Waals surface area contributed by atoms with Crippen LogP contribution in [0.5, 0.6) is 0 Å². The van der Waals surface area contributed by atoms with Crippen molar-refractivity contribution in [3.63, 3.8) is 0 Å². The van der Waals surface area contributed by atoms with E-state index < -0.39 is 0 Å². The Hall–Kier alpha value is -1.11. The first-order valence-electron chi connectivity index (χ1n) is 5.28. The molecule has 0 heterocycles. The van der Waals surface area contributed by atoms with E-state index in [1.165, 1.54) is 11.1 Å². The predicted octanol–water partition coefficient (Wildman–Crippen LogP) is 3.08. The minimum Gasteiger partial charge on any atom is -0.299 e. The minimum absolute atomic E-state index is 0.163. The summed E-state index contributed by atoms with van der Waals surface area (Å²) in [5, 5.41) is 0. The van der Waals surface area contributed by atoms with Crippen LogP contribution in [0.2, 0.25) is 0 Å². The van der Waals surface area contributed by atoms with Crippen LogP contribution in [0.1, 0.15) is 36.8 Å². The first kappa shape index (κ1) is 9.45. The van der Waals surface area contributed by atoms with Crippen LogP contribution in [0.4, 0.5) is 0 Å². The zero-order valence-electron chi connectivity index (χ0n) is 8.79. The number of carbonyl (C=O) groups excluding carboxylic acids is 1. The Balaban J connectivity index is 2.39. The lowest BCUT2D eigenvalue weighted by atomic mass is 9.87. The van der Waals surface area contributed by atoms with E-state index >= 15 is 0 Å². The Morgan fingerprint density at radius 3 is 2.57 bits per heavy atom. The molecule has 0 N–H and O–H groups in total. The van der Waals surface area contributed by atoms with Crippen molar-refractivity contribution in [1.29, 1.82) is 0 Å². The predicted molar refractivity (Wildman–Crippen MR) is 57.3 cm³/mol. The molecule has 1 nitrogen and oxygen atoms in total. The molecule has 0 unspecified atom stereocenters. The van der Waals surface area contributed by atoms with Gasteiger partial charge in [0.1, 0.15) is 5.78 Å². The van der Waals surface area contributed by atoms with Crippen molar-refractivity contribution in [3.8, 4) is 0 Å². The first-order chi connectivity index (χ1) is 6.70. The number of hydrogen-bond acceptors (Lipinski definition) is 1. The Kier molecular flexibility index (Phi) is 2.40. The van der Waals surface area contributed by atoms with Gasteiger partial charge in [-0.25, -0.2) is 0 Å². The molecule has 1 aliphatic carbocycles. The van der Waals surface area contributed by atoms with Crippen LogP contribution in [-0.2, 0) is 4.79 Å². The van der Waals surface area contributed by atoms with E-state index in [2.05, 4.69) is 26.0 Å². The molecule has 14 heavy (non-hydrogen) atoms. The fourth-order valence-corrected chi connectivity index (χ4v) is 2.43. The summed E-state index contributed by atoms with van der Waals surface area (Å²) < 4.78 is 0. The molecule has 0 amide bonds. The van der Waals surface area contributed by atoms with Gasteiger partial charge in [-0.05, 0) is 30.4 Å². The largest absolute Gasteiger partial charge is 0.299 e. The fraction of sp³-hybridized carbons (Fsp3) is 0.462. The average molecular weight is 188 g/mol. The number of benzene rings is 1. The quantitative estimate of drug-likeness (QED) is 0.662. The van der Waals surface area contributed by atoms with Crippen LogP contribution >= 0.6 is 0 Å². The van der Waals surface area contributed by atoms with Crippen molar-refractivity contribution >= 4 is 5.78 Å². The van der Waals surface area contributed by atoms with E-state index in [0.717, 1.165) is 12.8 Å². The third kappa shape index (κ3) is 1.47. The van der Waals surface area contributed by atoms with Crippen LogP contribution in [0.25, 0.3) is 0 Å². The van der Waals surface area contributed by atoms with Crippen LogP contribution in [0, 0.1) is 12.8 Å². The van der Waals surface area contributed by atoms with Gasteiger partial charge in [-0.1, -0.05) is 31.2 Å². The number of Topliss-reactive ketones (excluding diaryl/α,β-unsaturated/α-hetero) is 1. The molecule has 1 heteroatoms. The highest BCUT2D eigenvalue weighted by atomic mass is 16.1. The highest BCUT2D eigenvalue weighted by Crippen LogP contribution is 2.37. The van der Waals surface area contributed by atoms with E-state index in [4.69, 9.17) is 0 Å². The van der Waals surface area contributed by atoms with Crippen LogP contribution in [0.15, 0.2) is 24.3 Å². The maximum absolute atomic E-state index is 11.7. The maximum atomic E-state index is 11.7. The molecule has 0 aromatic heterocycles. The van der Waals surface area contributed by atoms with E-state index in [9.17, 15) is 4.79 Å². The summed E-state index contributed by atoms with van der Waals surface area (Å²) in [6.45, 7) is 4.27. The van der Waals surface area contributed by atoms with E-state index in [1.807, 2.05) is 12.1 Å². The molecule has 74 valence electrons. The third-order valence-electron chi connectivity index (χ3n) is 3.29. The molecule has 0 saturated heterocycles. The molecule has 1 aromatic carbocycles. The van der Waals surface area contributed by atoms with Gasteiger partial charge in [0.15, 0.2) is 0 Å². The molecule has 2 rings (SSSR count). The van der Waals surface area contributed by atoms with Crippen molar-refractivity contribution in [2.24, 2.45) is 5.92 Å². The van der Waals surface area contributed by atoms with Gasteiger partial charge < -0.3 is 0 Å². The number of hydrogen-bond donors (Lipinski definition) is 0. The zero-order chi connectivity index (χ0) is 10.1. The van der Waals surface area contributed by atoms with Gasteiger partial charge in [-0.2, -0.15) is 0 Å². The summed E-state index contributed by atoms with van der Waals surface area (Å²) in [4.78, 5) is 11.7. The molecule has 1 fully saturated rings. The standard InChI is InChI=1S/C13H16O/c1-9-5-3-4-6-11(9)13-10(2)7-8-12(13)14/h3-6,10,13H,7-8H2,1-2H3/t10-,13-/m0/s1. The zero-order valence-corrected chi connectivity index (χ0v) is 8.79. The van der Waals surface area contributed by atoms with Crippen molar-refractivity contribution in [2.75, 3.05) is 0 Å². The molecule has 0 aliphatic heterocycles. The molecule has 1 aromatic rings. The van der Waals surface area contributed by atoms with Gasteiger partial charge in [0.25, 0.3) is 0 Å². The second-order valence-electron chi connectivity index (χ2n) is 4.32. The molecular weight excluding hydrogens is 172 g/mol.